The van der Waals surface area contributed by atoms with E-state index in [9.17, 15) is 14.3 Å². The monoisotopic (exact) mass is 647 g/mol. The number of benzene rings is 3. The van der Waals surface area contributed by atoms with Crippen LogP contribution in [0, 0.1) is 0 Å². The van der Waals surface area contributed by atoms with E-state index in [0.29, 0.717) is 45.4 Å². The highest BCUT2D eigenvalue weighted by atomic mass is 31.2. The van der Waals surface area contributed by atoms with E-state index in [1.165, 1.54) is 0 Å². The number of hydrogen-bond donors (Lipinski definition) is 2. The van der Waals surface area contributed by atoms with Crippen molar-refractivity contribution in [3.63, 3.8) is 0 Å². The average Bonchev–Trinajstić information content (AvgIpc) is 2.97. The van der Waals surface area contributed by atoms with Crippen LogP contribution in [0.5, 0.6) is 23.0 Å². The Labute approximate surface area is 263 Å². The van der Waals surface area contributed by atoms with Crippen molar-refractivity contribution >= 4 is 24.9 Å². The molecule has 4 N–H and O–H groups in total. The van der Waals surface area contributed by atoms with Crippen molar-refractivity contribution in [1.29, 1.82) is 0 Å². The van der Waals surface area contributed by atoms with Crippen LogP contribution in [0.1, 0.15) is 10.4 Å². The summed E-state index contributed by atoms with van der Waals surface area (Å²) >= 11 is 0. The third-order valence-corrected chi connectivity index (χ3v) is 6.93. The Kier molecular flexibility index (Phi) is 14.1. The topological polar surface area (TPSA) is 174 Å². The summed E-state index contributed by atoms with van der Waals surface area (Å²) in [5, 5.41) is 0. The van der Waals surface area contributed by atoms with E-state index in [1.54, 1.807) is 66.7 Å². The van der Waals surface area contributed by atoms with Gasteiger partial charge in [-0.05, 0) is 60.7 Å². The molecule has 0 fully saturated rings. The second kappa shape index (κ2) is 17.7. The lowest BCUT2D eigenvalue weighted by Crippen LogP contribution is -2.37. The third kappa shape index (κ3) is 14.8. The predicted molar refractivity (Wildman–Crippen MR) is 167 cm³/mol. The van der Waals surface area contributed by atoms with Gasteiger partial charge in [-0.25, -0.2) is 4.79 Å². The maximum absolute atomic E-state index is 12.8. The van der Waals surface area contributed by atoms with E-state index >= 15 is 0 Å². The summed E-state index contributed by atoms with van der Waals surface area (Å²) in [7, 11) is 1.78. The minimum absolute atomic E-state index is 0.00598. The molecule has 0 amide bonds. The van der Waals surface area contributed by atoms with E-state index in [1.807, 2.05) is 21.1 Å². The molecule has 246 valence electrons. The molecule has 0 radical (unpaired) electrons. The lowest BCUT2D eigenvalue weighted by molar-refractivity contribution is -0.870. The summed E-state index contributed by atoms with van der Waals surface area (Å²) < 4.78 is 50.6. The fourth-order valence-electron chi connectivity index (χ4n) is 3.54. The lowest BCUT2D eigenvalue weighted by atomic mass is 10.2. The fourth-order valence-corrected chi connectivity index (χ4v) is 4.32. The fraction of sp³-hybridized carbons (Fsp3) is 0.387. The van der Waals surface area contributed by atoms with Crippen molar-refractivity contribution in [2.45, 2.75) is 0 Å². The zero-order valence-electron chi connectivity index (χ0n) is 25.8. The highest BCUT2D eigenvalue weighted by molar-refractivity contribution is 7.51. The smallest absolute Gasteiger partial charge is 0.338 e. The summed E-state index contributed by atoms with van der Waals surface area (Å²) in [5.74, 6) is 1.20. The zero-order valence-corrected chi connectivity index (χ0v) is 26.7. The maximum atomic E-state index is 12.8. The molecule has 14 heteroatoms. The molecule has 3 aromatic carbocycles. The Hall–Kier alpha value is -3.68. The average molecular weight is 648 g/mol. The molecule has 1 atom stereocenters. The van der Waals surface area contributed by atoms with Crippen LogP contribution in [0.3, 0.4) is 0 Å². The molecule has 0 spiro atoms. The SMILES string of the molecule is C[N+](C)(C)CCOP(=O)([O-])COCCOCCOCCOC(=O)c1cc(Oc2ccc(N)cc2)cc(Oc2ccc(N)cc2)c1. The molecular weight excluding hydrogens is 605 g/mol. The summed E-state index contributed by atoms with van der Waals surface area (Å²) in [4.78, 5) is 24.7. The van der Waals surface area contributed by atoms with E-state index in [0.717, 1.165) is 0 Å². The second-order valence-corrected chi connectivity index (χ2v) is 12.6. The van der Waals surface area contributed by atoms with Gasteiger partial charge in [0, 0.05) is 17.4 Å². The molecule has 3 rings (SSSR count). The molecule has 0 aliphatic heterocycles. The summed E-state index contributed by atoms with van der Waals surface area (Å²) in [6.45, 7) is 1.59. The highest BCUT2D eigenvalue weighted by Gasteiger charge is 2.14. The third-order valence-electron chi connectivity index (χ3n) is 5.85. The molecule has 0 aromatic heterocycles. The van der Waals surface area contributed by atoms with Crippen LogP contribution in [-0.2, 0) is 28.0 Å². The molecule has 0 aliphatic carbocycles. The van der Waals surface area contributed by atoms with Crippen LogP contribution in [0.15, 0.2) is 66.7 Å². The van der Waals surface area contributed by atoms with E-state index < -0.39 is 19.9 Å². The summed E-state index contributed by atoms with van der Waals surface area (Å²) in [6.07, 6.45) is -0.513. The van der Waals surface area contributed by atoms with E-state index in [-0.39, 0.29) is 51.8 Å². The highest BCUT2D eigenvalue weighted by Crippen LogP contribution is 2.36. The number of hydrogen-bond acceptors (Lipinski definition) is 12. The van der Waals surface area contributed by atoms with Crippen molar-refractivity contribution < 1.29 is 51.7 Å². The molecule has 13 nitrogen and oxygen atoms in total. The molecule has 0 heterocycles. The number of likely N-dealkylation sites (N-methyl/N-ethyl adjacent to an activating group) is 1. The number of quaternary nitrogens is 1. The van der Waals surface area contributed by atoms with Crippen LogP contribution >= 0.6 is 7.60 Å². The Bertz CT molecular complexity index is 1320. The molecular formula is C31H42N3O10P. The Balaban J connectivity index is 1.37. The number of nitrogens with two attached hydrogens (primary N) is 2. The van der Waals surface area contributed by atoms with Gasteiger partial charge in [-0.15, -0.1) is 0 Å². The lowest BCUT2D eigenvalue weighted by Gasteiger charge is -2.27. The number of esters is 1. The first-order valence-corrected chi connectivity index (χ1v) is 16.0. The van der Waals surface area contributed by atoms with Crippen molar-refractivity contribution in [1.82, 2.24) is 0 Å². The number of carbonyl (C=O) groups excluding carboxylic acids is 1. The van der Waals surface area contributed by atoms with Gasteiger partial charge in [-0.2, -0.15) is 0 Å². The van der Waals surface area contributed by atoms with Crippen molar-refractivity contribution in [3.8, 4) is 23.0 Å². The number of nitrogen functional groups attached to an aromatic ring is 2. The molecule has 0 bridgehead atoms. The van der Waals surface area contributed by atoms with Crippen LogP contribution in [0.4, 0.5) is 11.4 Å². The first kappa shape index (κ1) is 35.8. The van der Waals surface area contributed by atoms with Crippen molar-refractivity contribution in [3.05, 3.63) is 72.3 Å². The number of anilines is 2. The standard InChI is InChI=1S/C31H42N3O10P/c1-34(2,3)12-13-42-45(36,37)23-40-17-16-38-14-15-39-18-19-41-31(35)24-20-29(43-27-8-4-25(32)5-9-27)22-30(21-24)44-28-10-6-26(33)7-11-28/h4-11,20-22H,12-19,23,32-33H2,1-3H3. The van der Waals surface area contributed by atoms with Crippen LogP contribution in [0.2, 0.25) is 0 Å². The summed E-state index contributed by atoms with van der Waals surface area (Å²) in [5.41, 5.74) is 12.9. The molecule has 0 aliphatic rings. The Morgan fingerprint density at radius 1 is 0.689 bits per heavy atom. The van der Waals surface area contributed by atoms with Gasteiger partial charge in [-0.3, -0.25) is 0 Å². The van der Waals surface area contributed by atoms with Gasteiger partial charge < -0.3 is 58.4 Å². The van der Waals surface area contributed by atoms with Gasteiger partial charge in [0.15, 0.2) is 7.60 Å². The zero-order chi connectivity index (χ0) is 32.7. The van der Waals surface area contributed by atoms with Crippen LogP contribution < -0.4 is 25.8 Å². The first-order valence-electron chi connectivity index (χ1n) is 14.3. The van der Waals surface area contributed by atoms with Gasteiger partial charge in [-0.1, -0.05) is 0 Å². The number of carbonyl (C=O) groups is 1. The van der Waals surface area contributed by atoms with Gasteiger partial charge in [0.1, 0.15) is 49.1 Å². The molecule has 0 saturated heterocycles. The predicted octanol–water partition coefficient (Wildman–Crippen LogP) is 3.88. The Morgan fingerprint density at radius 2 is 1.16 bits per heavy atom. The molecule has 1 unspecified atom stereocenters. The summed E-state index contributed by atoms with van der Waals surface area (Å²) in [6, 6.07) is 18.4. The second-order valence-electron chi connectivity index (χ2n) is 10.9. The molecule has 3 aromatic rings. The molecule has 45 heavy (non-hydrogen) atoms. The van der Waals surface area contributed by atoms with Crippen LogP contribution in [0.25, 0.3) is 0 Å². The largest absolute Gasteiger partial charge is 0.777 e. The number of rotatable bonds is 20. The van der Waals surface area contributed by atoms with Gasteiger partial charge in [0.25, 0.3) is 0 Å². The number of nitrogens with zero attached hydrogens (tertiary/aromatic N) is 1. The minimum atomic E-state index is -4.05. The Morgan fingerprint density at radius 3 is 1.64 bits per heavy atom. The van der Waals surface area contributed by atoms with Crippen LogP contribution in [-0.4, -0.2) is 90.7 Å². The first-order chi connectivity index (χ1) is 21.4. The minimum Gasteiger partial charge on any atom is -0.777 e. The number of ether oxygens (including phenoxy) is 6. The molecule has 0 saturated carbocycles. The van der Waals surface area contributed by atoms with Crippen molar-refractivity contribution in [2.75, 3.05) is 91.8 Å². The van der Waals surface area contributed by atoms with E-state index in [2.05, 4.69) is 0 Å². The van der Waals surface area contributed by atoms with Gasteiger partial charge in [0.2, 0.25) is 0 Å². The quantitative estimate of drug-likeness (QED) is 0.0597. The van der Waals surface area contributed by atoms with E-state index in [4.69, 9.17) is 44.4 Å². The van der Waals surface area contributed by atoms with Gasteiger partial charge >= 0.3 is 5.97 Å². The maximum Gasteiger partial charge on any atom is 0.338 e. The van der Waals surface area contributed by atoms with Crippen molar-refractivity contribution in [2.24, 2.45) is 0 Å². The normalized spacial score (nSPS) is 12.8. The van der Waals surface area contributed by atoms with Gasteiger partial charge in [0.05, 0.1) is 59.7 Å².